The van der Waals surface area contributed by atoms with Gasteiger partial charge >= 0.3 is 0 Å². The van der Waals surface area contributed by atoms with Crippen molar-refractivity contribution in [2.75, 3.05) is 13.1 Å². The Labute approximate surface area is 76.5 Å². The first-order valence-corrected chi connectivity index (χ1v) is 4.92. The second-order valence-electron chi connectivity index (χ2n) is 4.80. The molecule has 0 radical (unpaired) electrons. The first-order valence-electron chi connectivity index (χ1n) is 4.92. The van der Waals surface area contributed by atoms with Crippen LogP contribution in [0.5, 0.6) is 0 Å². The molecule has 1 heterocycles. The van der Waals surface area contributed by atoms with Crippen molar-refractivity contribution in [3.63, 3.8) is 0 Å². The molecule has 0 aromatic heterocycles. The SMILES string of the molecule is C=C1CCCCN(C(C)(C)C)C1. The van der Waals surface area contributed by atoms with E-state index in [2.05, 4.69) is 32.3 Å². The van der Waals surface area contributed by atoms with Gasteiger partial charge in [-0.15, -0.1) is 0 Å². The van der Waals surface area contributed by atoms with Gasteiger partial charge in [0.25, 0.3) is 0 Å². The Kier molecular flexibility index (Phi) is 2.94. The van der Waals surface area contributed by atoms with Crippen LogP contribution in [0.1, 0.15) is 40.0 Å². The third kappa shape index (κ3) is 2.63. The van der Waals surface area contributed by atoms with Gasteiger partial charge in [-0.2, -0.15) is 0 Å². The van der Waals surface area contributed by atoms with Crippen LogP contribution < -0.4 is 0 Å². The Bertz CT molecular complexity index is 164. The summed E-state index contributed by atoms with van der Waals surface area (Å²) in [6.45, 7) is 13.3. The van der Waals surface area contributed by atoms with E-state index in [1.807, 2.05) is 0 Å². The second kappa shape index (κ2) is 3.61. The quantitative estimate of drug-likeness (QED) is 0.501. The molecule has 0 aromatic carbocycles. The van der Waals surface area contributed by atoms with Gasteiger partial charge < -0.3 is 0 Å². The first kappa shape index (κ1) is 9.79. The Balaban J connectivity index is 2.58. The van der Waals surface area contributed by atoms with Gasteiger partial charge in [-0.05, 0) is 46.6 Å². The van der Waals surface area contributed by atoms with Crippen LogP contribution in [-0.4, -0.2) is 23.5 Å². The molecular weight excluding hydrogens is 146 g/mol. The Morgan fingerprint density at radius 2 is 1.92 bits per heavy atom. The van der Waals surface area contributed by atoms with Gasteiger partial charge in [0.1, 0.15) is 0 Å². The van der Waals surface area contributed by atoms with E-state index in [9.17, 15) is 0 Å². The van der Waals surface area contributed by atoms with Crippen molar-refractivity contribution >= 4 is 0 Å². The van der Waals surface area contributed by atoms with Gasteiger partial charge in [-0.25, -0.2) is 0 Å². The van der Waals surface area contributed by atoms with Gasteiger partial charge in [-0.3, -0.25) is 4.90 Å². The summed E-state index contributed by atoms with van der Waals surface area (Å²) >= 11 is 0. The molecule has 1 nitrogen and oxygen atoms in total. The Morgan fingerprint density at radius 1 is 1.25 bits per heavy atom. The summed E-state index contributed by atoms with van der Waals surface area (Å²) in [5, 5.41) is 0. The Morgan fingerprint density at radius 3 is 2.50 bits per heavy atom. The van der Waals surface area contributed by atoms with Gasteiger partial charge in [0.15, 0.2) is 0 Å². The average molecular weight is 167 g/mol. The maximum atomic E-state index is 4.10. The van der Waals surface area contributed by atoms with Crippen LogP contribution in [0.3, 0.4) is 0 Å². The molecule has 1 aliphatic heterocycles. The zero-order valence-electron chi connectivity index (χ0n) is 8.69. The smallest absolute Gasteiger partial charge is 0.0195 e. The van der Waals surface area contributed by atoms with E-state index in [1.54, 1.807) is 0 Å². The minimum Gasteiger partial charge on any atom is -0.295 e. The van der Waals surface area contributed by atoms with Crippen molar-refractivity contribution < 1.29 is 0 Å². The summed E-state index contributed by atoms with van der Waals surface area (Å²) < 4.78 is 0. The summed E-state index contributed by atoms with van der Waals surface area (Å²) in [4.78, 5) is 2.53. The standard InChI is InChI=1S/C11H21N/c1-10-7-5-6-8-12(9-10)11(2,3)4/h1,5-9H2,2-4H3. The molecule has 0 saturated carbocycles. The molecular formula is C11H21N. The Hall–Kier alpha value is -0.300. The van der Waals surface area contributed by atoms with Gasteiger partial charge in [-0.1, -0.05) is 12.2 Å². The molecule has 0 bridgehead atoms. The maximum Gasteiger partial charge on any atom is 0.0195 e. The normalized spacial score (nSPS) is 22.4. The van der Waals surface area contributed by atoms with Crippen molar-refractivity contribution in [3.8, 4) is 0 Å². The summed E-state index contributed by atoms with van der Waals surface area (Å²) in [6.07, 6.45) is 3.88. The molecule has 70 valence electrons. The van der Waals surface area contributed by atoms with Crippen LogP contribution >= 0.6 is 0 Å². The molecule has 0 unspecified atom stereocenters. The highest BCUT2D eigenvalue weighted by Crippen LogP contribution is 2.21. The molecule has 0 N–H and O–H groups in total. The molecule has 12 heavy (non-hydrogen) atoms. The number of hydrogen-bond donors (Lipinski definition) is 0. The molecule has 0 spiro atoms. The van der Waals surface area contributed by atoms with Crippen LogP contribution in [0, 0.1) is 0 Å². The van der Waals surface area contributed by atoms with Gasteiger partial charge in [0.2, 0.25) is 0 Å². The van der Waals surface area contributed by atoms with Crippen LogP contribution in [-0.2, 0) is 0 Å². The monoisotopic (exact) mass is 167 g/mol. The number of hydrogen-bond acceptors (Lipinski definition) is 1. The fourth-order valence-corrected chi connectivity index (χ4v) is 1.68. The lowest BCUT2D eigenvalue weighted by molar-refractivity contribution is 0.154. The highest BCUT2D eigenvalue weighted by molar-refractivity contribution is 5.01. The summed E-state index contributed by atoms with van der Waals surface area (Å²) in [6, 6.07) is 0. The molecule has 1 aliphatic rings. The van der Waals surface area contributed by atoms with Crippen molar-refractivity contribution in [3.05, 3.63) is 12.2 Å². The number of rotatable bonds is 0. The van der Waals surface area contributed by atoms with E-state index in [4.69, 9.17) is 0 Å². The lowest BCUT2D eigenvalue weighted by atomic mass is 10.1. The van der Waals surface area contributed by atoms with E-state index < -0.39 is 0 Å². The predicted octanol–water partition coefficient (Wildman–Crippen LogP) is 2.83. The molecule has 0 atom stereocenters. The highest BCUT2D eigenvalue weighted by Gasteiger charge is 2.22. The molecule has 1 heteroatoms. The zero-order chi connectivity index (χ0) is 9.19. The molecule has 1 fully saturated rings. The average Bonchev–Trinajstić information content (AvgIpc) is 2.11. The lowest BCUT2D eigenvalue weighted by Crippen LogP contribution is -2.42. The minimum atomic E-state index is 0.313. The van der Waals surface area contributed by atoms with E-state index >= 15 is 0 Å². The fraction of sp³-hybridized carbons (Fsp3) is 0.818. The van der Waals surface area contributed by atoms with Crippen molar-refractivity contribution in [1.82, 2.24) is 4.90 Å². The van der Waals surface area contributed by atoms with Crippen molar-refractivity contribution in [1.29, 1.82) is 0 Å². The molecule has 0 amide bonds. The largest absolute Gasteiger partial charge is 0.295 e. The summed E-state index contributed by atoms with van der Waals surface area (Å²) in [7, 11) is 0. The fourth-order valence-electron chi connectivity index (χ4n) is 1.68. The van der Waals surface area contributed by atoms with Crippen molar-refractivity contribution in [2.24, 2.45) is 0 Å². The zero-order valence-corrected chi connectivity index (χ0v) is 8.69. The lowest BCUT2D eigenvalue weighted by Gasteiger charge is -2.34. The minimum absolute atomic E-state index is 0.313. The molecule has 1 saturated heterocycles. The molecule has 1 rings (SSSR count). The van der Waals surface area contributed by atoms with E-state index in [0.717, 1.165) is 6.54 Å². The summed E-state index contributed by atoms with van der Waals surface area (Å²) in [5.41, 5.74) is 1.72. The topological polar surface area (TPSA) is 3.24 Å². The van der Waals surface area contributed by atoms with Crippen LogP contribution in [0.4, 0.5) is 0 Å². The van der Waals surface area contributed by atoms with Crippen LogP contribution in [0.15, 0.2) is 12.2 Å². The number of nitrogens with zero attached hydrogens (tertiary/aromatic N) is 1. The highest BCUT2D eigenvalue weighted by atomic mass is 15.2. The van der Waals surface area contributed by atoms with Crippen LogP contribution in [0.2, 0.25) is 0 Å². The van der Waals surface area contributed by atoms with Crippen molar-refractivity contribution in [2.45, 2.75) is 45.6 Å². The number of likely N-dealkylation sites (tertiary alicyclic amines) is 1. The van der Waals surface area contributed by atoms with E-state index in [0.29, 0.717) is 5.54 Å². The third-order valence-electron chi connectivity index (χ3n) is 2.57. The van der Waals surface area contributed by atoms with Crippen LogP contribution in [0.25, 0.3) is 0 Å². The van der Waals surface area contributed by atoms with Gasteiger partial charge in [0.05, 0.1) is 0 Å². The molecule has 0 aliphatic carbocycles. The summed E-state index contributed by atoms with van der Waals surface area (Å²) in [5.74, 6) is 0. The predicted molar refractivity (Wildman–Crippen MR) is 54.3 cm³/mol. The van der Waals surface area contributed by atoms with E-state index in [1.165, 1.54) is 31.4 Å². The first-order chi connectivity index (χ1) is 5.50. The van der Waals surface area contributed by atoms with E-state index in [-0.39, 0.29) is 0 Å². The third-order valence-corrected chi connectivity index (χ3v) is 2.57. The second-order valence-corrected chi connectivity index (χ2v) is 4.80. The van der Waals surface area contributed by atoms with Gasteiger partial charge in [0, 0.05) is 12.1 Å². The molecule has 0 aromatic rings. The maximum absolute atomic E-state index is 4.10.